The van der Waals surface area contributed by atoms with Crippen molar-refractivity contribution in [2.45, 2.75) is 20.0 Å². The zero-order chi connectivity index (χ0) is 17.5. The first-order valence-electron chi connectivity index (χ1n) is 8.12. The first kappa shape index (κ1) is 18.6. The van der Waals surface area contributed by atoms with Crippen LogP contribution in [0.5, 0.6) is 5.75 Å². The smallest absolute Gasteiger partial charge is 0.258 e. The summed E-state index contributed by atoms with van der Waals surface area (Å²) >= 11 is 0. The second kappa shape index (κ2) is 8.94. The zero-order valence-corrected chi connectivity index (χ0v) is 14.1. The van der Waals surface area contributed by atoms with Crippen LogP contribution in [0.4, 0.5) is 8.78 Å². The molecule has 0 saturated carbocycles. The minimum atomic E-state index is -0.831. The summed E-state index contributed by atoms with van der Waals surface area (Å²) in [6.45, 7) is 7.69. The second-order valence-electron chi connectivity index (χ2n) is 6.31. The van der Waals surface area contributed by atoms with E-state index in [9.17, 15) is 13.6 Å². The maximum atomic E-state index is 13.4. The average Bonchev–Trinajstić information content (AvgIpc) is 2.52. The van der Waals surface area contributed by atoms with Gasteiger partial charge in [0.2, 0.25) is 0 Å². The normalized spacial score (nSPS) is 18.6. The number of rotatable bonds is 7. The van der Waals surface area contributed by atoms with Gasteiger partial charge in [0, 0.05) is 32.2 Å². The highest BCUT2D eigenvalue weighted by Gasteiger charge is 2.21. The lowest BCUT2D eigenvalue weighted by atomic mass is 10.2. The Morgan fingerprint density at radius 1 is 1.46 bits per heavy atom. The molecule has 1 aromatic carbocycles. The van der Waals surface area contributed by atoms with Crippen LogP contribution in [-0.4, -0.2) is 56.3 Å². The van der Waals surface area contributed by atoms with Gasteiger partial charge in [-0.05, 0) is 18.1 Å². The van der Waals surface area contributed by atoms with E-state index in [1.54, 1.807) is 0 Å². The zero-order valence-electron chi connectivity index (χ0n) is 14.1. The van der Waals surface area contributed by atoms with Gasteiger partial charge in [0.1, 0.15) is 5.82 Å². The lowest BCUT2D eigenvalue weighted by Gasteiger charge is -2.33. The molecule has 1 aliphatic heterocycles. The van der Waals surface area contributed by atoms with Crippen molar-refractivity contribution in [2.24, 2.45) is 5.92 Å². The Labute approximate surface area is 140 Å². The molecule has 134 valence electrons. The number of hydrogen-bond donors (Lipinski definition) is 1. The van der Waals surface area contributed by atoms with E-state index >= 15 is 0 Å². The largest absolute Gasteiger partial charge is 0.481 e. The van der Waals surface area contributed by atoms with Crippen molar-refractivity contribution < 1.29 is 23.0 Å². The number of nitrogens with one attached hydrogen (secondary N) is 1. The predicted octanol–water partition coefficient (Wildman–Crippen LogP) is 1.82. The highest BCUT2D eigenvalue weighted by atomic mass is 19.1. The van der Waals surface area contributed by atoms with Gasteiger partial charge in [-0.2, -0.15) is 0 Å². The Hall–Kier alpha value is -1.73. The SMILES string of the molecule is CC(C)CN1CCOC(CNC(=O)COc2ccc(F)cc2F)C1. The standard InChI is InChI=1S/C17H24F2N2O3/c1-12(2)9-21-5-6-23-14(10-21)8-20-17(22)11-24-16-4-3-13(18)7-15(16)19/h3-4,7,12,14H,5-6,8-11H2,1-2H3,(H,20,22). The molecule has 1 unspecified atom stereocenters. The minimum Gasteiger partial charge on any atom is -0.481 e. The van der Waals surface area contributed by atoms with Gasteiger partial charge in [0.25, 0.3) is 5.91 Å². The van der Waals surface area contributed by atoms with E-state index in [1.807, 2.05) is 0 Å². The van der Waals surface area contributed by atoms with E-state index < -0.39 is 11.6 Å². The van der Waals surface area contributed by atoms with Gasteiger partial charge in [-0.15, -0.1) is 0 Å². The van der Waals surface area contributed by atoms with Crippen LogP contribution in [0.3, 0.4) is 0 Å². The summed E-state index contributed by atoms with van der Waals surface area (Å²) in [4.78, 5) is 14.1. The molecule has 5 nitrogen and oxygen atoms in total. The number of morpholine rings is 1. The van der Waals surface area contributed by atoms with Crippen molar-refractivity contribution in [3.05, 3.63) is 29.8 Å². The minimum absolute atomic E-state index is 0.0657. The van der Waals surface area contributed by atoms with Crippen molar-refractivity contribution in [1.29, 1.82) is 0 Å². The van der Waals surface area contributed by atoms with Crippen molar-refractivity contribution in [3.8, 4) is 5.75 Å². The summed E-state index contributed by atoms with van der Waals surface area (Å²) in [5.74, 6) is -1.46. The molecule has 1 aromatic rings. The molecule has 1 heterocycles. The summed E-state index contributed by atoms with van der Waals surface area (Å²) in [5.41, 5.74) is 0. The monoisotopic (exact) mass is 342 g/mol. The number of nitrogens with zero attached hydrogens (tertiary/aromatic N) is 1. The fourth-order valence-corrected chi connectivity index (χ4v) is 2.60. The van der Waals surface area contributed by atoms with Crippen LogP contribution >= 0.6 is 0 Å². The summed E-state index contributed by atoms with van der Waals surface area (Å²) in [7, 11) is 0. The van der Waals surface area contributed by atoms with E-state index in [-0.39, 0.29) is 24.4 Å². The van der Waals surface area contributed by atoms with Gasteiger partial charge < -0.3 is 14.8 Å². The van der Waals surface area contributed by atoms with Crippen LogP contribution < -0.4 is 10.1 Å². The lowest BCUT2D eigenvalue weighted by molar-refractivity contribution is -0.124. The molecular weight excluding hydrogens is 318 g/mol. The first-order valence-corrected chi connectivity index (χ1v) is 8.12. The van der Waals surface area contributed by atoms with Gasteiger partial charge in [0.05, 0.1) is 12.7 Å². The molecule has 0 bridgehead atoms. The molecule has 1 fully saturated rings. The fraction of sp³-hybridized carbons (Fsp3) is 0.588. The molecule has 1 aliphatic rings. The Morgan fingerprint density at radius 3 is 2.96 bits per heavy atom. The fourth-order valence-electron chi connectivity index (χ4n) is 2.60. The Bertz CT molecular complexity index is 555. The molecule has 0 aromatic heterocycles. The van der Waals surface area contributed by atoms with Gasteiger partial charge in [0.15, 0.2) is 18.2 Å². The predicted molar refractivity (Wildman–Crippen MR) is 85.9 cm³/mol. The number of hydrogen-bond acceptors (Lipinski definition) is 4. The number of carbonyl (C=O) groups excluding carboxylic acids is 1. The van der Waals surface area contributed by atoms with E-state index in [0.29, 0.717) is 25.1 Å². The van der Waals surface area contributed by atoms with Gasteiger partial charge in [-0.3, -0.25) is 9.69 Å². The second-order valence-corrected chi connectivity index (χ2v) is 6.31. The maximum absolute atomic E-state index is 13.4. The van der Waals surface area contributed by atoms with Crippen LogP contribution in [0.15, 0.2) is 18.2 Å². The number of benzene rings is 1. The van der Waals surface area contributed by atoms with Crippen molar-refractivity contribution >= 4 is 5.91 Å². The Balaban J connectivity index is 1.71. The summed E-state index contributed by atoms with van der Waals surface area (Å²) in [6, 6.07) is 2.95. The molecular formula is C17H24F2N2O3. The van der Waals surface area contributed by atoms with E-state index in [4.69, 9.17) is 9.47 Å². The van der Waals surface area contributed by atoms with Crippen LogP contribution in [-0.2, 0) is 9.53 Å². The topological polar surface area (TPSA) is 50.8 Å². The number of carbonyl (C=O) groups is 1. The molecule has 24 heavy (non-hydrogen) atoms. The van der Waals surface area contributed by atoms with E-state index in [1.165, 1.54) is 0 Å². The van der Waals surface area contributed by atoms with E-state index in [0.717, 1.165) is 31.8 Å². The van der Waals surface area contributed by atoms with Crippen LogP contribution in [0.25, 0.3) is 0 Å². The molecule has 7 heteroatoms. The molecule has 2 rings (SSSR count). The molecule has 0 spiro atoms. The third kappa shape index (κ3) is 6.05. The van der Waals surface area contributed by atoms with Crippen LogP contribution in [0.1, 0.15) is 13.8 Å². The van der Waals surface area contributed by atoms with E-state index in [2.05, 4.69) is 24.1 Å². The highest BCUT2D eigenvalue weighted by molar-refractivity contribution is 5.77. The first-order chi connectivity index (χ1) is 11.4. The highest BCUT2D eigenvalue weighted by Crippen LogP contribution is 2.17. The Kier molecular flexibility index (Phi) is 6.93. The summed E-state index contributed by atoms with van der Waals surface area (Å²) < 4.78 is 36.9. The van der Waals surface area contributed by atoms with Gasteiger partial charge in [-0.25, -0.2) is 8.78 Å². The maximum Gasteiger partial charge on any atom is 0.258 e. The van der Waals surface area contributed by atoms with Crippen molar-refractivity contribution in [2.75, 3.05) is 39.4 Å². The molecule has 1 saturated heterocycles. The quantitative estimate of drug-likeness (QED) is 0.821. The molecule has 1 atom stereocenters. The Morgan fingerprint density at radius 2 is 2.25 bits per heavy atom. The third-order valence-corrected chi connectivity index (χ3v) is 3.63. The van der Waals surface area contributed by atoms with Crippen molar-refractivity contribution in [3.63, 3.8) is 0 Å². The molecule has 0 radical (unpaired) electrons. The third-order valence-electron chi connectivity index (χ3n) is 3.63. The van der Waals surface area contributed by atoms with Crippen LogP contribution in [0.2, 0.25) is 0 Å². The van der Waals surface area contributed by atoms with Gasteiger partial charge in [-0.1, -0.05) is 13.8 Å². The number of amides is 1. The van der Waals surface area contributed by atoms with Gasteiger partial charge >= 0.3 is 0 Å². The summed E-state index contributed by atoms with van der Waals surface area (Å²) in [6.07, 6.45) is -0.0657. The summed E-state index contributed by atoms with van der Waals surface area (Å²) in [5, 5.41) is 2.72. The molecule has 0 aliphatic carbocycles. The van der Waals surface area contributed by atoms with Crippen LogP contribution in [0, 0.1) is 17.6 Å². The lowest BCUT2D eigenvalue weighted by Crippen LogP contribution is -2.48. The van der Waals surface area contributed by atoms with Crippen molar-refractivity contribution in [1.82, 2.24) is 10.2 Å². The average molecular weight is 342 g/mol. The molecule has 1 N–H and O–H groups in total. The number of ether oxygens (including phenoxy) is 2. The molecule has 1 amide bonds. The number of halogens is 2.